The van der Waals surface area contributed by atoms with E-state index in [0.29, 0.717) is 6.42 Å². The zero-order valence-electron chi connectivity index (χ0n) is 14.0. The van der Waals surface area contributed by atoms with E-state index >= 15 is 0 Å². The minimum atomic E-state index is 0. The van der Waals surface area contributed by atoms with Crippen molar-refractivity contribution in [3.63, 3.8) is 0 Å². The minimum Gasteiger partial charge on any atom is -0.542 e. The number of halogens is 1. The molecule has 0 N–H and O–H groups in total. The maximum atomic E-state index is 10.0. The summed E-state index contributed by atoms with van der Waals surface area (Å²) in [5, 5.41) is 0. The molecule has 0 fully saturated rings. The molecule has 0 heterocycles. The molecule has 3 heteroatoms. The van der Waals surface area contributed by atoms with Gasteiger partial charge in [0.05, 0.1) is 0 Å². The molecular weight excluding hydrogens is 320 g/mol. The Bertz CT molecular complexity index is 177. The van der Waals surface area contributed by atoms with Gasteiger partial charge in [-0.15, -0.1) is 12.4 Å². The molecule has 0 aliphatic heterocycles. The summed E-state index contributed by atoms with van der Waals surface area (Å²) in [4.78, 5) is 10.0. The quantitative estimate of drug-likeness (QED) is 0.220. The van der Waals surface area contributed by atoms with Crippen LogP contribution in [0.4, 0.5) is 0 Å². The molecule has 0 rings (SSSR count). The van der Waals surface area contributed by atoms with E-state index in [0.717, 1.165) is 6.42 Å². The van der Waals surface area contributed by atoms with Crippen molar-refractivity contribution in [1.82, 2.24) is 0 Å². The fourth-order valence-corrected chi connectivity index (χ4v) is 2.57. The third-order valence-corrected chi connectivity index (χ3v) is 3.88. The fourth-order valence-electron chi connectivity index (χ4n) is 2.57. The molecule has 0 saturated carbocycles. The second-order valence-corrected chi connectivity index (χ2v) is 5.84. The van der Waals surface area contributed by atoms with Gasteiger partial charge < -0.3 is 4.79 Å². The second kappa shape index (κ2) is 25.4. The van der Waals surface area contributed by atoms with E-state index in [2.05, 4.69) is 6.92 Å². The summed E-state index contributed by atoms with van der Waals surface area (Å²) in [6.45, 7) is 2.28. The molecule has 0 spiro atoms. The maximum Gasteiger partial charge on any atom is 0 e. The normalized spacial score (nSPS) is 9.76. The van der Waals surface area contributed by atoms with Crippen LogP contribution in [0, 0.1) is 0 Å². The van der Waals surface area contributed by atoms with Crippen molar-refractivity contribution in [2.45, 2.75) is 110 Å². The summed E-state index contributed by atoms with van der Waals surface area (Å²) in [6, 6.07) is 0. The molecule has 128 valence electrons. The van der Waals surface area contributed by atoms with Gasteiger partial charge in [0.25, 0.3) is 0 Å². The average molecular weight is 356 g/mol. The van der Waals surface area contributed by atoms with Gasteiger partial charge in [-0.25, -0.2) is 0 Å². The number of hydrogen-bond donors (Lipinski definition) is 0. The molecule has 0 bridgehead atoms. The molecule has 21 heavy (non-hydrogen) atoms. The predicted octanol–water partition coefficient (Wildman–Crippen LogP) is 6.78. The SMILES string of the molecule is CCCCCCCCCCCCCCCCC[C-]=O.Cl.[Cr]. The van der Waals surface area contributed by atoms with Gasteiger partial charge in [0.1, 0.15) is 0 Å². The van der Waals surface area contributed by atoms with Crippen LogP contribution in [0.15, 0.2) is 0 Å². The first kappa shape index (κ1) is 26.4. The summed E-state index contributed by atoms with van der Waals surface area (Å²) in [5.74, 6) is 0. The Morgan fingerprint density at radius 2 is 0.857 bits per heavy atom. The standard InChI is InChI=1S/C18H35O.ClH.Cr/c1-2-3-4-5-6-7-8-9-10-11-12-13-14-15-16-17-18-19;;/h2-17H2,1H3;1H;/q-1;;. The molecular formula is C18H36ClCrO-. The van der Waals surface area contributed by atoms with E-state index in [1.165, 1.54) is 89.9 Å². The monoisotopic (exact) mass is 355 g/mol. The molecule has 0 aromatic heterocycles. The largest absolute Gasteiger partial charge is 0.542 e. The summed E-state index contributed by atoms with van der Waals surface area (Å²) in [6.07, 6.45) is 23.2. The van der Waals surface area contributed by atoms with Crippen LogP contribution in [0.1, 0.15) is 110 Å². The number of carbonyl (C=O) groups excluding carboxylic acids is 1. The summed E-state index contributed by atoms with van der Waals surface area (Å²) in [5.41, 5.74) is 0. The van der Waals surface area contributed by atoms with Crippen molar-refractivity contribution in [3.05, 3.63) is 0 Å². The molecule has 0 aliphatic rings. The molecule has 0 unspecified atom stereocenters. The van der Waals surface area contributed by atoms with E-state index in [-0.39, 0.29) is 29.8 Å². The van der Waals surface area contributed by atoms with Gasteiger partial charge >= 0.3 is 0 Å². The second-order valence-electron chi connectivity index (χ2n) is 5.84. The Hall–Kier alpha value is 0.492. The van der Waals surface area contributed by atoms with E-state index in [1.807, 2.05) is 6.29 Å². The molecule has 0 aliphatic carbocycles. The van der Waals surface area contributed by atoms with Gasteiger partial charge in [0, 0.05) is 17.4 Å². The Labute approximate surface area is 150 Å². The van der Waals surface area contributed by atoms with E-state index in [9.17, 15) is 4.79 Å². The first-order valence-electron chi connectivity index (χ1n) is 8.76. The third-order valence-electron chi connectivity index (χ3n) is 3.88. The molecule has 0 atom stereocenters. The molecule has 0 radical (unpaired) electrons. The van der Waals surface area contributed by atoms with E-state index in [1.54, 1.807) is 0 Å². The fraction of sp³-hybridized carbons (Fsp3) is 0.944. The van der Waals surface area contributed by atoms with Crippen molar-refractivity contribution >= 4 is 18.7 Å². The van der Waals surface area contributed by atoms with Crippen LogP contribution in [-0.4, -0.2) is 6.29 Å². The Kier molecular flexibility index (Phi) is 32.0. The Balaban J connectivity index is -0.00000162. The number of rotatable bonds is 16. The molecule has 0 saturated heterocycles. The van der Waals surface area contributed by atoms with E-state index < -0.39 is 0 Å². The maximum absolute atomic E-state index is 10.0. The molecule has 0 aromatic carbocycles. The van der Waals surface area contributed by atoms with Crippen LogP contribution < -0.4 is 0 Å². The van der Waals surface area contributed by atoms with Gasteiger partial charge in [-0.2, -0.15) is 6.42 Å². The van der Waals surface area contributed by atoms with Gasteiger partial charge in [0.15, 0.2) is 0 Å². The number of unbranched alkanes of at least 4 members (excludes halogenated alkanes) is 15. The van der Waals surface area contributed by atoms with Gasteiger partial charge in [-0.1, -0.05) is 103 Å². The summed E-state index contributed by atoms with van der Waals surface area (Å²) < 4.78 is 0. The predicted molar refractivity (Wildman–Crippen MR) is 92.5 cm³/mol. The Morgan fingerprint density at radius 3 is 1.14 bits per heavy atom. The van der Waals surface area contributed by atoms with Crippen molar-refractivity contribution in [2.24, 2.45) is 0 Å². The minimum absolute atomic E-state index is 0. The number of hydrogen-bond acceptors (Lipinski definition) is 1. The summed E-state index contributed by atoms with van der Waals surface area (Å²) in [7, 11) is 0. The van der Waals surface area contributed by atoms with Crippen LogP contribution >= 0.6 is 12.4 Å². The van der Waals surface area contributed by atoms with Crippen molar-refractivity contribution in [3.8, 4) is 0 Å². The summed E-state index contributed by atoms with van der Waals surface area (Å²) >= 11 is 0. The van der Waals surface area contributed by atoms with Crippen LogP contribution in [0.2, 0.25) is 0 Å². The van der Waals surface area contributed by atoms with Gasteiger partial charge in [-0.05, 0) is 0 Å². The zero-order valence-corrected chi connectivity index (χ0v) is 16.1. The molecule has 0 aromatic rings. The van der Waals surface area contributed by atoms with Crippen molar-refractivity contribution < 1.29 is 22.2 Å². The van der Waals surface area contributed by atoms with Crippen LogP contribution in [-0.2, 0) is 22.2 Å². The van der Waals surface area contributed by atoms with Crippen molar-refractivity contribution in [2.75, 3.05) is 0 Å². The Morgan fingerprint density at radius 1 is 0.571 bits per heavy atom. The van der Waals surface area contributed by atoms with Gasteiger partial charge in [0.2, 0.25) is 0 Å². The topological polar surface area (TPSA) is 17.1 Å². The zero-order chi connectivity index (χ0) is 14.0. The van der Waals surface area contributed by atoms with Crippen molar-refractivity contribution in [1.29, 1.82) is 0 Å². The average Bonchev–Trinajstić information content (AvgIpc) is 2.43. The third kappa shape index (κ3) is 25.8. The first-order chi connectivity index (χ1) is 9.41. The molecule has 1 nitrogen and oxygen atoms in total. The smallest absolute Gasteiger partial charge is 0 e. The van der Waals surface area contributed by atoms with Crippen LogP contribution in [0.5, 0.6) is 0 Å². The van der Waals surface area contributed by atoms with Crippen LogP contribution in [0.25, 0.3) is 0 Å². The van der Waals surface area contributed by atoms with Crippen LogP contribution in [0.3, 0.4) is 0 Å². The van der Waals surface area contributed by atoms with E-state index in [4.69, 9.17) is 0 Å². The molecule has 0 amide bonds. The first-order valence-corrected chi connectivity index (χ1v) is 8.76. The van der Waals surface area contributed by atoms with Gasteiger partial charge in [-0.3, -0.25) is 6.29 Å².